The fraction of sp³-hybridized carbons (Fsp3) is 0.700. The lowest BCUT2D eigenvalue weighted by molar-refractivity contribution is 0.203. The van der Waals surface area contributed by atoms with Gasteiger partial charge in [0.2, 0.25) is 0 Å². The van der Waals surface area contributed by atoms with Gasteiger partial charge in [0.25, 0.3) is 0 Å². The van der Waals surface area contributed by atoms with E-state index in [0.29, 0.717) is 5.25 Å². The van der Waals surface area contributed by atoms with Gasteiger partial charge in [-0.25, -0.2) is 4.98 Å². The first-order valence-electron chi connectivity index (χ1n) is 5.17. The highest BCUT2D eigenvalue weighted by atomic mass is 32.2. The Morgan fingerprint density at radius 2 is 2.47 bits per heavy atom. The van der Waals surface area contributed by atoms with Gasteiger partial charge in [-0.3, -0.25) is 0 Å². The molecular weight excluding hydrogens is 228 g/mol. The Hall–Kier alpha value is -0.260. The van der Waals surface area contributed by atoms with E-state index in [1.165, 1.54) is 5.75 Å². The second-order valence-corrected chi connectivity index (χ2v) is 6.44. The van der Waals surface area contributed by atoms with Crippen molar-refractivity contribution < 1.29 is 5.11 Å². The van der Waals surface area contributed by atoms with Crippen molar-refractivity contribution in [3.05, 3.63) is 11.1 Å². The molecule has 2 heterocycles. The van der Waals surface area contributed by atoms with Gasteiger partial charge in [0.05, 0.1) is 11.0 Å². The van der Waals surface area contributed by atoms with E-state index in [-0.39, 0.29) is 0 Å². The Labute approximate surface area is 98.5 Å². The van der Waals surface area contributed by atoms with Crippen molar-refractivity contribution in [3.8, 4) is 0 Å². The highest BCUT2D eigenvalue weighted by Crippen LogP contribution is 2.30. The summed E-state index contributed by atoms with van der Waals surface area (Å²) in [5, 5.41) is 11.2. The van der Waals surface area contributed by atoms with E-state index >= 15 is 0 Å². The summed E-state index contributed by atoms with van der Waals surface area (Å²) in [6.45, 7) is 6.17. The van der Waals surface area contributed by atoms with Gasteiger partial charge in [0, 0.05) is 30.3 Å². The fourth-order valence-electron chi connectivity index (χ4n) is 1.61. The normalized spacial score (nSPS) is 24.2. The van der Waals surface area contributed by atoms with Gasteiger partial charge >= 0.3 is 0 Å². The first-order chi connectivity index (χ1) is 7.16. The summed E-state index contributed by atoms with van der Waals surface area (Å²) in [5.41, 5.74) is 0. The number of hydrogen-bond acceptors (Lipinski definition) is 5. The third kappa shape index (κ3) is 2.65. The molecule has 84 valence electrons. The molecule has 0 radical (unpaired) electrons. The van der Waals surface area contributed by atoms with E-state index in [1.807, 2.05) is 11.8 Å². The van der Waals surface area contributed by atoms with Gasteiger partial charge in [-0.15, -0.1) is 0 Å². The minimum absolute atomic E-state index is 0.396. The van der Waals surface area contributed by atoms with Crippen LogP contribution in [-0.4, -0.2) is 34.2 Å². The molecule has 2 unspecified atom stereocenters. The third-order valence-electron chi connectivity index (χ3n) is 2.43. The predicted molar refractivity (Wildman–Crippen MR) is 66.9 cm³/mol. The molecule has 0 spiro atoms. The molecule has 0 bridgehead atoms. The zero-order valence-corrected chi connectivity index (χ0v) is 10.6. The summed E-state index contributed by atoms with van der Waals surface area (Å²) in [6, 6.07) is 0. The average Bonchev–Trinajstić information content (AvgIpc) is 2.66. The maximum atomic E-state index is 9.44. The van der Waals surface area contributed by atoms with Crippen molar-refractivity contribution in [2.45, 2.75) is 25.2 Å². The van der Waals surface area contributed by atoms with Crippen molar-refractivity contribution in [2.75, 3.05) is 23.7 Å². The van der Waals surface area contributed by atoms with Crippen LogP contribution in [0, 0.1) is 0 Å². The molecule has 2 atom stereocenters. The summed E-state index contributed by atoms with van der Waals surface area (Å²) in [7, 11) is 0. The lowest BCUT2D eigenvalue weighted by atomic mass is 10.4. The van der Waals surface area contributed by atoms with Gasteiger partial charge < -0.3 is 10.0 Å². The molecule has 1 aliphatic rings. The van der Waals surface area contributed by atoms with Crippen LogP contribution in [0.3, 0.4) is 0 Å². The molecule has 0 amide bonds. The standard InChI is InChI=1S/C10H16N2OS2/c1-7-6-12(3-4-14-7)10-11-5-9(15-10)8(2)13/h5,7-8,13H,3-4,6H2,1-2H3. The molecule has 3 nitrogen and oxygen atoms in total. The molecule has 0 aliphatic carbocycles. The largest absolute Gasteiger partial charge is 0.388 e. The number of rotatable bonds is 2. The van der Waals surface area contributed by atoms with Gasteiger partial charge in [0.1, 0.15) is 0 Å². The second kappa shape index (κ2) is 4.72. The molecule has 1 aliphatic heterocycles. The molecule has 0 saturated carbocycles. The number of anilines is 1. The van der Waals surface area contributed by atoms with E-state index in [2.05, 4.69) is 16.8 Å². The van der Waals surface area contributed by atoms with E-state index in [1.54, 1.807) is 24.5 Å². The molecule has 5 heteroatoms. The van der Waals surface area contributed by atoms with E-state index in [0.717, 1.165) is 23.1 Å². The molecule has 1 fully saturated rings. The quantitative estimate of drug-likeness (QED) is 0.864. The maximum Gasteiger partial charge on any atom is 0.185 e. The Morgan fingerprint density at radius 1 is 1.67 bits per heavy atom. The predicted octanol–water partition coefficient (Wildman–Crippen LogP) is 2.14. The van der Waals surface area contributed by atoms with E-state index < -0.39 is 6.10 Å². The van der Waals surface area contributed by atoms with Crippen LogP contribution in [0.25, 0.3) is 0 Å². The summed E-state index contributed by atoms with van der Waals surface area (Å²) in [6.07, 6.45) is 1.39. The minimum atomic E-state index is -0.396. The van der Waals surface area contributed by atoms with Crippen LogP contribution in [0.5, 0.6) is 0 Å². The van der Waals surface area contributed by atoms with Crippen LogP contribution >= 0.6 is 23.1 Å². The summed E-state index contributed by atoms with van der Waals surface area (Å²) in [5.74, 6) is 1.17. The summed E-state index contributed by atoms with van der Waals surface area (Å²) >= 11 is 3.62. The molecule has 1 aromatic rings. The van der Waals surface area contributed by atoms with Gasteiger partial charge in [0.15, 0.2) is 5.13 Å². The van der Waals surface area contributed by atoms with Gasteiger partial charge in [-0.1, -0.05) is 18.3 Å². The second-order valence-electron chi connectivity index (χ2n) is 3.85. The van der Waals surface area contributed by atoms with Crippen LogP contribution in [-0.2, 0) is 0 Å². The Balaban J connectivity index is 2.08. The van der Waals surface area contributed by atoms with E-state index in [4.69, 9.17) is 0 Å². The van der Waals surface area contributed by atoms with E-state index in [9.17, 15) is 5.11 Å². The first kappa shape index (κ1) is 11.2. The number of aromatic nitrogens is 1. The molecule has 1 N–H and O–H groups in total. The molecule has 1 aromatic heterocycles. The van der Waals surface area contributed by atoms with Crippen molar-refractivity contribution in [1.29, 1.82) is 0 Å². The highest BCUT2D eigenvalue weighted by Gasteiger charge is 2.19. The van der Waals surface area contributed by atoms with Crippen molar-refractivity contribution >= 4 is 28.2 Å². The number of thioether (sulfide) groups is 1. The Kier molecular flexibility index (Phi) is 3.53. The van der Waals surface area contributed by atoms with Crippen molar-refractivity contribution in [3.63, 3.8) is 0 Å². The fourth-order valence-corrected chi connectivity index (χ4v) is 3.51. The minimum Gasteiger partial charge on any atom is -0.388 e. The average molecular weight is 244 g/mol. The van der Waals surface area contributed by atoms with Crippen LogP contribution in [0.1, 0.15) is 24.8 Å². The molecular formula is C10H16N2OS2. The number of aliphatic hydroxyl groups excluding tert-OH is 1. The zero-order chi connectivity index (χ0) is 10.8. The lowest BCUT2D eigenvalue weighted by Gasteiger charge is -2.30. The molecule has 2 rings (SSSR count). The third-order valence-corrected chi connectivity index (χ3v) is 4.80. The SMILES string of the molecule is CC1CN(c2ncc(C(C)O)s2)CCS1. The van der Waals surface area contributed by atoms with Crippen molar-refractivity contribution in [1.82, 2.24) is 4.98 Å². The smallest absolute Gasteiger partial charge is 0.185 e. The molecule has 15 heavy (non-hydrogen) atoms. The maximum absolute atomic E-state index is 9.44. The lowest BCUT2D eigenvalue weighted by Crippen LogP contribution is -2.36. The molecule has 1 saturated heterocycles. The number of aliphatic hydroxyl groups is 1. The van der Waals surface area contributed by atoms with Crippen LogP contribution < -0.4 is 4.90 Å². The number of thiazole rings is 1. The number of nitrogens with zero attached hydrogens (tertiary/aromatic N) is 2. The van der Waals surface area contributed by atoms with Crippen LogP contribution in [0.2, 0.25) is 0 Å². The summed E-state index contributed by atoms with van der Waals surface area (Å²) in [4.78, 5) is 7.64. The Morgan fingerprint density at radius 3 is 3.07 bits per heavy atom. The topological polar surface area (TPSA) is 36.4 Å². The summed E-state index contributed by atoms with van der Waals surface area (Å²) < 4.78 is 0. The van der Waals surface area contributed by atoms with Crippen LogP contribution in [0.4, 0.5) is 5.13 Å². The molecule has 0 aromatic carbocycles. The van der Waals surface area contributed by atoms with Gasteiger partial charge in [-0.2, -0.15) is 11.8 Å². The monoisotopic (exact) mass is 244 g/mol. The van der Waals surface area contributed by atoms with Crippen LogP contribution in [0.15, 0.2) is 6.20 Å². The first-order valence-corrected chi connectivity index (χ1v) is 7.03. The van der Waals surface area contributed by atoms with Crippen molar-refractivity contribution in [2.24, 2.45) is 0 Å². The zero-order valence-electron chi connectivity index (χ0n) is 9.01. The van der Waals surface area contributed by atoms with Gasteiger partial charge in [-0.05, 0) is 6.92 Å². The Bertz CT molecular complexity index is 327. The number of hydrogen-bond donors (Lipinski definition) is 1. The highest BCUT2D eigenvalue weighted by molar-refractivity contribution is 8.00.